The Hall–Kier alpha value is -4.00. The fraction of sp³-hybridized carbons (Fsp3) is 0.261. The van der Waals surface area contributed by atoms with E-state index in [4.69, 9.17) is 10.5 Å². The second kappa shape index (κ2) is 8.29. The van der Waals surface area contributed by atoms with Crippen LogP contribution in [0.5, 0.6) is 11.8 Å². The van der Waals surface area contributed by atoms with Crippen LogP contribution in [0.15, 0.2) is 48.8 Å². The molecule has 2 aromatic carbocycles. The number of ether oxygens (including phenoxy) is 2. The predicted octanol–water partition coefficient (Wildman–Crippen LogP) is 3.46. The molecule has 3 aromatic rings. The number of methoxy groups -OCH3 is 1. The molecule has 1 atom stereocenters. The van der Waals surface area contributed by atoms with E-state index < -0.39 is 28.0 Å². The van der Waals surface area contributed by atoms with Gasteiger partial charge in [0.2, 0.25) is 0 Å². The van der Waals surface area contributed by atoms with E-state index in [9.17, 15) is 22.0 Å². The molecule has 1 aliphatic carbocycles. The monoisotopic (exact) mass is 517 g/mol. The zero-order chi connectivity index (χ0) is 25.8. The molecule has 0 saturated heterocycles. The van der Waals surface area contributed by atoms with E-state index in [0.29, 0.717) is 33.9 Å². The summed E-state index contributed by atoms with van der Waals surface area (Å²) in [7, 11) is -1.35. The molecule has 2 aliphatic rings. The molecule has 1 aromatic heterocycles. The van der Waals surface area contributed by atoms with Gasteiger partial charge in [-0.25, -0.2) is 23.5 Å². The van der Waals surface area contributed by atoms with Gasteiger partial charge in [0, 0.05) is 49.6 Å². The molecule has 5 rings (SSSR count). The third kappa shape index (κ3) is 4.04. The van der Waals surface area contributed by atoms with Crippen LogP contribution in [-0.2, 0) is 14.9 Å². The van der Waals surface area contributed by atoms with Crippen LogP contribution in [0.2, 0.25) is 0 Å². The van der Waals surface area contributed by atoms with Crippen molar-refractivity contribution in [3.05, 3.63) is 54.4 Å². The Morgan fingerprint density at radius 2 is 1.86 bits per heavy atom. The van der Waals surface area contributed by atoms with E-state index in [1.807, 2.05) is 0 Å². The molecule has 188 valence electrons. The number of fused-ring (bicyclic) bond motifs is 1. The largest absolute Gasteiger partial charge is 0.465 e. The first kappa shape index (κ1) is 23.7. The molecule has 1 saturated carbocycles. The van der Waals surface area contributed by atoms with Gasteiger partial charge in [0.15, 0.2) is 0 Å². The van der Waals surface area contributed by atoms with Gasteiger partial charge in [-0.05, 0) is 35.9 Å². The van der Waals surface area contributed by atoms with E-state index in [0.717, 1.165) is 8.61 Å². The molecule has 2 N–H and O–H groups in total. The Bertz CT molecular complexity index is 1470. The van der Waals surface area contributed by atoms with Crippen LogP contribution < -0.4 is 19.1 Å². The van der Waals surface area contributed by atoms with E-state index in [-0.39, 0.29) is 24.5 Å². The van der Waals surface area contributed by atoms with Gasteiger partial charge in [-0.3, -0.25) is 8.61 Å². The number of benzene rings is 2. The van der Waals surface area contributed by atoms with Gasteiger partial charge in [0.1, 0.15) is 5.75 Å². The van der Waals surface area contributed by atoms with Crippen LogP contribution in [0, 0.1) is 5.92 Å². The van der Waals surface area contributed by atoms with Gasteiger partial charge in [0.25, 0.3) is 5.92 Å². The first-order valence-corrected chi connectivity index (χ1v) is 12.2. The number of hydrogen-bond donors (Lipinski definition) is 1. The quantitative estimate of drug-likeness (QED) is 0.389. The molecule has 0 spiro atoms. The fourth-order valence-electron chi connectivity index (χ4n) is 3.96. The molecule has 10 nitrogen and oxygen atoms in total. The number of aromatic nitrogens is 2. The number of hydrogen-bond acceptors (Lipinski definition) is 8. The van der Waals surface area contributed by atoms with Gasteiger partial charge in [0.05, 0.1) is 24.0 Å². The van der Waals surface area contributed by atoms with E-state index in [1.54, 1.807) is 36.4 Å². The average Bonchev–Trinajstić information content (AvgIpc) is 3.42. The minimum atomic E-state index is -3.97. The first-order chi connectivity index (χ1) is 17.0. The number of carbonyl (C=O) groups is 1. The highest BCUT2D eigenvalue weighted by atomic mass is 32.2. The zero-order valence-electron chi connectivity index (χ0n) is 19.2. The lowest BCUT2D eigenvalue weighted by molar-refractivity contribution is 0.0599. The third-order valence-corrected chi connectivity index (χ3v) is 7.94. The maximum Gasteiger partial charge on any atom is 0.341 e. The maximum absolute atomic E-state index is 13.5. The Morgan fingerprint density at radius 1 is 1.17 bits per heavy atom. The molecule has 36 heavy (non-hydrogen) atoms. The van der Waals surface area contributed by atoms with Gasteiger partial charge < -0.3 is 15.2 Å². The summed E-state index contributed by atoms with van der Waals surface area (Å²) in [5.74, 6) is -4.07. The summed E-state index contributed by atoms with van der Waals surface area (Å²) >= 11 is 0. The predicted molar refractivity (Wildman–Crippen MR) is 127 cm³/mol. The van der Waals surface area contributed by atoms with Crippen molar-refractivity contribution in [3.8, 4) is 22.9 Å². The molecule has 0 amide bonds. The lowest BCUT2D eigenvalue weighted by Crippen LogP contribution is -2.37. The smallest absolute Gasteiger partial charge is 0.341 e. The van der Waals surface area contributed by atoms with Crippen LogP contribution in [-0.4, -0.2) is 51.0 Å². The van der Waals surface area contributed by atoms with E-state index in [2.05, 4.69) is 14.7 Å². The lowest BCUT2D eigenvalue weighted by Gasteiger charge is -2.18. The number of anilines is 3. The van der Waals surface area contributed by atoms with Crippen molar-refractivity contribution < 1.29 is 31.5 Å². The number of halogens is 2. The Morgan fingerprint density at radius 3 is 2.50 bits per heavy atom. The van der Waals surface area contributed by atoms with Crippen LogP contribution in [0.4, 0.5) is 25.8 Å². The summed E-state index contributed by atoms with van der Waals surface area (Å²) in [6.45, 7) is -0.285. The Labute approximate surface area is 205 Å². The van der Waals surface area contributed by atoms with Crippen molar-refractivity contribution in [2.75, 3.05) is 35.0 Å². The van der Waals surface area contributed by atoms with Gasteiger partial charge in [-0.2, -0.15) is 8.42 Å². The number of rotatable bonds is 6. The molecular weight excluding hydrogens is 496 g/mol. The van der Waals surface area contributed by atoms with Crippen molar-refractivity contribution in [1.82, 2.24) is 9.97 Å². The van der Waals surface area contributed by atoms with Crippen LogP contribution in [0.3, 0.4) is 0 Å². The molecule has 0 bridgehead atoms. The van der Waals surface area contributed by atoms with E-state index in [1.165, 1.54) is 26.6 Å². The average molecular weight is 518 g/mol. The minimum absolute atomic E-state index is 0.00864. The van der Waals surface area contributed by atoms with Gasteiger partial charge in [-0.15, -0.1) is 0 Å². The molecule has 1 fully saturated rings. The summed E-state index contributed by atoms with van der Waals surface area (Å²) in [4.78, 5) is 19.5. The fourth-order valence-corrected chi connectivity index (χ4v) is 5.42. The summed E-state index contributed by atoms with van der Waals surface area (Å²) in [5.41, 5.74) is 8.59. The maximum atomic E-state index is 13.5. The number of esters is 1. The topological polar surface area (TPSA) is 128 Å². The molecule has 2 heterocycles. The summed E-state index contributed by atoms with van der Waals surface area (Å²) in [5, 5.41) is 0. The third-order valence-electron chi connectivity index (χ3n) is 6.14. The van der Waals surface area contributed by atoms with Crippen molar-refractivity contribution >= 4 is 33.2 Å². The summed E-state index contributed by atoms with van der Waals surface area (Å²) < 4.78 is 65.1. The zero-order valence-corrected chi connectivity index (χ0v) is 20.0. The second-order valence-electron chi connectivity index (χ2n) is 8.47. The number of alkyl halides is 2. The molecule has 1 aliphatic heterocycles. The van der Waals surface area contributed by atoms with Crippen molar-refractivity contribution in [2.24, 2.45) is 5.92 Å². The lowest BCUT2D eigenvalue weighted by atomic mass is 10.0. The van der Waals surface area contributed by atoms with E-state index >= 15 is 0 Å². The van der Waals surface area contributed by atoms with Crippen molar-refractivity contribution in [1.29, 1.82) is 0 Å². The van der Waals surface area contributed by atoms with Gasteiger partial charge >= 0.3 is 22.2 Å². The molecule has 1 unspecified atom stereocenters. The van der Waals surface area contributed by atoms with Crippen molar-refractivity contribution in [3.63, 3.8) is 0 Å². The molecular formula is C23H21F2N5O5S. The second-order valence-corrected chi connectivity index (χ2v) is 10.4. The standard InChI is InChI=1S/C23H21F2N5O5S/c1-29-20-7-13(3-6-19(20)30(36(29,32)33)12-15-9-23(15,24)25)17-8-16(4-5-18(17)26)35-22-27-10-14(11-28-22)21(31)34-2/h3-8,10-11,15H,9,12,26H2,1-2H3. The first-order valence-electron chi connectivity index (χ1n) is 10.8. The SMILES string of the molecule is COC(=O)c1cnc(Oc2ccc(N)c(-c3ccc4c(c3)N(C)S(=O)(=O)N4CC3CC3(F)F)c2)nc1. The number of nitrogen functional groups attached to an aromatic ring is 1. The summed E-state index contributed by atoms with van der Waals surface area (Å²) in [6.07, 6.45) is 2.22. The number of nitrogens with zero attached hydrogens (tertiary/aromatic N) is 4. The number of nitrogens with two attached hydrogens (primary N) is 1. The van der Waals surface area contributed by atoms with Crippen molar-refractivity contribution in [2.45, 2.75) is 12.3 Å². The van der Waals surface area contributed by atoms with Crippen LogP contribution in [0.1, 0.15) is 16.8 Å². The van der Waals surface area contributed by atoms with Gasteiger partial charge in [-0.1, -0.05) is 6.07 Å². The highest BCUT2D eigenvalue weighted by molar-refractivity contribution is 7.94. The Kier molecular flexibility index (Phi) is 5.47. The molecule has 0 radical (unpaired) electrons. The van der Waals surface area contributed by atoms with Crippen LogP contribution in [0.25, 0.3) is 11.1 Å². The number of carbonyl (C=O) groups excluding carboxylic acids is 1. The van der Waals surface area contributed by atoms with Crippen LogP contribution >= 0.6 is 0 Å². The highest BCUT2D eigenvalue weighted by Crippen LogP contribution is 2.52. The summed E-state index contributed by atoms with van der Waals surface area (Å²) in [6, 6.07) is 9.73. The normalized spacial score (nSPS) is 19.1. The minimum Gasteiger partial charge on any atom is -0.465 e. The highest BCUT2D eigenvalue weighted by Gasteiger charge is 2.59. The molecule has 13 heteroatoms. The Balaban J connectivity index is 1.43.